The highest BCUT2D eigenvalue weighted by Crippen LogP contribution is 2.18. The fraction of sp³-hybridized carbons (Fsp3) is 0.455. The predicted molar refractivity (Wildman–Crippen MR) is 61.0 cm³/mol. The molecule has 2 heterocycles. The molecule has 0 aromatic carbocycles. The summed E-state index contributed by atoms with van der Waals surface area (Å²) in [7, 11) is 1.89. The van der Waals surface area contributed by atoms with Gasteiger partial charge in [0.05, 0.1) is 6.20 Å². The van der Waals surface area contributed by atoms with Gasteiger partial charge < -0.3 is 9.73 Å². The molecule has 0 saturated heterocycles. The third kappa shape index (κ3) is 2.30. The summed E-state index contributed by atoms with van der Waals surface area (Å²) in [6.07, 6.45) is 4.31. The molecule has 0 fully saturated rings. The summed E-state index contributed by atoms with van der Waals surface area (Å²) in [6, 6.07) is 1.91. The van der Waals surface area contributed by atoms with Crippen LogP contribution in [-0.2, 0) is 13.5 Å². The maximum atomic E-state index is 5.64. The smallest absolute Gasteiger partial charge is 0.196 e. The Bertz CT molecular complexity index is 446. The minimum Gasteiger partial charge on any atom is -0.439 e. The van der Waals surface area contributed by atoms with E-state index >= 15 is 0 Å². The van der Waals surface area contributed by atoms with Crippen LogP contribution in [0.1, 0.15) is 12.8 Å². The van der Waals surface area contributed by atoms with Crippen LogP contribution in [0.15, 0.2) is 22.9 Å². The second-order valence-corrected chi connectivity index (χ2v) is 3.56. The summed E-state index contributed by atoms with van der Waals surface area (Å²) >= 11 is 0. The Labute approximate surface area is 94.5 Å². The van der Waals surface area contributed by atoms with Crippen molar-refractivity contribution in [2.75, 3.05) is 13.1 Å². The van der Waals surface area contributed by atoms with Gasteiger partial charge in [0.2, 0.25) is 0 Å². The lowest BCUT2D eigenvalue weighted by molar-refractivity contribution is 0.493. The van der Waals surface area contributed by atoms with Gasteiger partial charge in [-0.05, 0) is 12.6 Å². The molecule has 5 heteroatoms. The molecule has 0 aliphatic heterocycles. The van der Waals surface area contributed by atoms with Crippen LogP contribution in [0.25, 0.3) is 11.5 Å². The number of nitrogens with zero attached hydrogens (tertiary/aromatic N) is 3. The standard InChI is InChI=1S/C11H16N4O/c1-3-12-6-5-11-13-8-10(16-11)9-4-7-14-15(9)2/h4,7-8,12H,3,5-6H2,1-2H3. The van der Waals surface area contributed by atoms with E-state index in [9.17, 15) is 0 Å². The molecule has 2 aromatic heterocycles. The molecule has 0 bridgehead atoms. The average Bonchev–Trinajstić information content (AvgIpc) is 2.87. The fourth-order valence-electron chi connectivity index (χ4n) is 1.53. The number of aryl methyl sites for hydroxylation is 1. The van der Waals surface area contributed by atoms with Gasteiger partial charge in [0.25, 0.3) is 0 Å². The first-order chi connectivity index (χ1) is 7.81. The molecule has 0 unspecified atom stereocenters. The van der Waals surface area contributed by atoms with Gasteiger partial charge in [-0.25, -0.2) is 4.98 Å². The zero-order chi connectivity index (χ0) is 11.4. The molecule has 5 nitrogen and oxygen atoms in total. The summed E-state index contributed by atoms with van der Waals surface area (Å²) in [5.74, 6) is 1.53. The molecule has 0 saturated carbocycles. The van der Waals surface area contributed by atoms with E-state index in [1.807, 2.05) is 13.1 Å². The highest BCUT2D eigenvalue weighted by atomic mass is 16.4. The van der Waals surface area contributed by atoms with Gasteiger partial charge in [0, 0.05) is 26.2 Å². The van der Waals surface area contributed by atoms with Crippen LogP contribution in [0.2, 0.25) is 0 Å². The lowest BCUT2D eigenvalue weighted by Crippen LogP contribution is -2.16. The molecule has 0 amide bonds. The third-order valence-electron chi connectivity index (χ3n) is 2.39. The van der Waals surface area contributed by atoms with Gasteiger partial charge in [-0.1, -0.05) is 6.92 Å². The number of oxazole rings is 1. The normalized spacial score (nSPS) is 10.9. The average molecular weight is 220 g/mol. The van der Waals surface area contributed by atoms with Crippen LogP contribution in [-0.4, -0.2) is 27.9 Å². The Morgan fingerprint density at radius 1 is 1.50 bits per heavy atom. The monoisotopic (exact) mass is 220 g/mol. The minimum absolute atomic E-state index is 0.761. The summed E-state index contributed by atoms with van der Waals surface area (Å²) in [5, 5.41) is 7.33. The van der Waals surface area contributed by atoms with Crippen molar-refractivity contribution in [1.29, 1.82) is 0 Å². The van der Waals surface area contributed by atoms with Crippen LogP contribution in [0, 0.1) is 0 Å². The largest absolute Gasteiger partial charge is 0.439 e. The van der Waals surface area contributed by atoms with E-state index in [4.69, 9.17) is 4.42 Å². The quantitative estimate of drug-likeness (QED) is 0.770. The molecule has 0 radical (unpaired) electrons. The molecule has 0 aliphatic carbocycles. The van der Waals surface area contributed by atoms with Crippen LogP contribution in [0.3, 0.4) is 0 Å². The van der Waals surface area contributed by atoms with Crippen LogP contribution in [0.5, 0.6) is 0 Å². The summed E-state index contributed by atoms with van der Waals surface area (Å²) in [4.78, 5) is 4.24. The minimum atomic E-state index is 0.761. The van der Waals surface area contributed by atoms with Crippen molar-refractivity contribution in [2.45, 2.75) is 13.3 Å². The van der Waals surface area contributed by atoms with E-state index in [0.29, 0.717) is 0 Å². The molecule has 0 aliphatic rings. The molecule has 16 heavy (non-hydrogen) atoms. The number of likely N-dealkylation sites (N-methyl/N-ethyl adjacent to an activating group) is 1. The Hall–Kier alpha value is -1.62. The van der Waals surface area contributed by atoms with Crippen molar-refractivity contribution < 1.29 is 4.42 Å². The van der Waals surface area contributed by atoms with Crippen molar-refractivity contribution in [3.8, 4) is 11.5 Å². The zero-order valence-corrected chi connectivity index (χ0v) is 9.60. The van der Waals surface area contributed by atoms with Gasteiger partial charge in [-0.2, -0.15) is 5.10 Å². The summed E-state index contributed by atoms with van der Waals surface area (Å²) in [6.45, 7) is 3.94. The molecular formula is C11H16N4O. The number of rotatable bonds is 5. The summed E-state index contributed by atoms with van der Waals surface area (Å²) in [5.41, 5.74) is 0.946. The van der Waals surface area contributed by atoms with E-state index in [1.165, 1.54) is 0 Å². The van der Waals surface area contributed by atoms with Crippen LogP contribution in [0.4, 0.5) is 0 Å². The van der Waals surface area contributed by atoms with Crippen molar-refractivity contribution in [3.63, 3.8) is 0 Å². The Kier molecular flexibility index (Phi) is 3.36. The molecule has 0 spiro atoms. The van der Waals surface area contributed by atoms with E-state index < -0.39 is 0 Å². The van der Waals surface area contributed by atoms with E-state index in [0.717, 1.165) is 36.9 Å². The second-order valence-electron chi connectivity index (χ2n) is 3.56. The molecule has 86 valence electrons. The lowest BCUT2D eigenvalue weighted by Gasteiger charge is -1.98. The number of hydrogen-bond donors (Lipinski definition) is 1. The van der Waals surface area contributed by atoms with Crippen molar-refractivity contribution in [3.05, 3.63) is 24.4 Å². The van der Waals surface area contributed by atoms with E-state index in [2.05, 4.69) is 22.3 Å². The van der Waals surface area contributed by atoms with Crippen LogP contribution >= 0.6 is 0 Å². The first-order valence-electron chi connectivity index (χ1n) is 5.45. The van der Waals surface area contributed by atoms with Crippen LogP contribution < -0.4 is 5.32 Å². The van der Waals surface area contributed by atoms with Gasteiger partial charge in [-0.15, -0.1) is 0 Å². The molecular weight excluding hydrogens is 204 g/mol. The number of nitrogens with one attached hydrogen (secondary N) is 1. The molecule has 2 aromatic rings. The maximum absolute atomic E-state index is 5.64. The number of hydrogen-bond acceptors (Lipinski definition) is 4. The lowest BCUT2D eigenvalue weighted by atomic mass is 10.3. The highest BCUT2D eigenvalue weighted by Gasteiger charge is 2.08. The Morgan fingerprint density at radius 2 is 2.38 bits per heavy atom. The van der Waals surface area contributed by atoms with Gasteiger partial charge in [-0.3, -0.25) is 4.68 Å². The maximum Gasteiger partial charge on any atom is 0.196 e. The first-order valence-corrected chi connectivity index (χ1v) is 5.45. The predicted octanol–water partition coefficient (Wildman–Crippen LogP) is 1.23. The second kappa shape index (κ2) is 4.94. The molecule has 2 rings (SSSR count). The SMILES string of the molecule is CCNCCc1ncc(-c2ccnn2C)o1. The van der Waals surface area contributed by atoms with Gasteiger partial charge >= 0.3 is 0 Å². The van der Waals surface area contributed by atoms with Gasteiger partial charge in [0.1, 0.15) is 5.69 Å². The zero-order valence-electron chi connectivity index (χ0n) is 9.60. The first kappa shape index (κ1) is 10.9. The third-order valence-corrected chi connectivity index (χ3v) is 2.39. The molecule has 0 atom stereocenters. The Morgan fingerprint density at radius 3 is 3.06 bits per heavy atom. The summed E-state index contributed by atoms with van der Waals surface area (Å²) < 4.78 is 7.42. The molecule has 1 N–H and O–H groups in total. The topological polar surface area (TPSA) is 55.9 Å². The highest BCUT2D eigenvalue weighted by molar-refractivity contribution is 5.50. The fourth-order valence-corrected chi connectivity index (χ4v) is 1.53. The van der Waals surface area contributed by atoms with Gasteiger partial charge in [0.15, 0.2) is 11.7 Å². The van der Waals surface area contributed by atoms with E-state index in [-0.39, 0.29) is 0 Å². The van der Waals surface area contributed by atoms with Crippen molar-refractivity contribution in [1.82, 2.24) is 20.1 Å². The number of aromatic nitrogens is 3. The van der Waals surface area contributed by atoms with E-state index in [1.54, 1.807) is 17.1 Å². The van der Waals surface area contributed by atoms with Crippen molar-refractivity contribution in [2.24, 2.45) is 7.05 Å². The Balaban J connectivity index is 2.05. The van der Waals surface area contributed by atoms with Crippen molar-refractivity contribution >= 4 is 0 Å².